The Labute approximate surface area is 168 Å². The largest absolute Gasteiger partial charge is 0.459 e. The molecule has 0 aliphatic carbocycles. The first-order chi connectivity index (χ1) is 13.5. The zero-order chi connectivity index (χ0) is 20.1. The molecule has 1 saturated heterocycles. The van der Waals surface area contributed by atoms with E-state index in [2.05, 4.69) is 0 Å². The number of benzene rings is 2. The van der Waals surface area contributed by atoms with Crippen molar-refractivity contribution in [1.29, 1.82) is 0 Å². The van der Waals surface area contributed by atoms with Gasteiger partial charge in [-0.2, -0.15) is 0 Å². The third-order valence-electron chi connectivity index (χ3n) is 4.48. The van der Waals surface area contributed by atoms with Crippen LogP contribution in [0.15, 0.2) is 48.5 Å². The summed E-state index contributed by atoms with van der Waals surface area (Å²) in [5, 5.41) is 0. The van der Waals surface area contributed by atoms with Gasteiger partial charge in [0.1, 0.15) is 18.8 Å². The van der Waals surface area contributed by atoms with Crippen LogP contribution in [-0.4, -0.2) is 37.0 Å². The van der Waals surface area contributed by atoms with E-state index in [1.165, 1.54) is 0 Å². The Morgan fingerprint density at radius 3 is 2.04 bits per heavy atom. The lowest BCUT2D eigenvalue weighted by Crippen LogP contribution is -2.32. The number of hydrogen-bond donors (Lipinski definition) is 0. The standard InChI is InChI=1S/C21H21ClO6/c1-13-3-7-15(8-4-13)20(23)25-12-18-17(11-19(26-18)28-22)27-21(24)16-9-5-14(2)6-10-16/h3-10,17-19H,11-12H2,1-2H3. The number of carbonyl (C=O) groups excluding carboxylic acids is 2. The molecule has 1 fully saturated rings. The number of rotatable bonds is 6. The Hall–Kier alpha value is -2.41. The zero-order valence-corrected chi connectivity index (χ0v) is 16.3. The highest BCUT2D eigenvalue weighted by Crippen LogP contribution is 2.26. The molecule has 0 bridgehead atoms. The lowest BCUT2D eigenvalue weighted by atomic mass is 10.1. The highest BCUT2D eigenvalue weighted by molar-refractivity contribution is 6.07. The molecule has 1 aliphatic heterocycles. The van der Waals surface area contributed by atoms with Crippen molar-refractivity contribution >= 4 is 23.8 Å². The summed E-state index contributed by atoms with van der Waals surface area (Å²) in [6.07, 6.45) is -1.83. The van der Waals surface area contributed by atoms with Gasteiger partial charge in [0.2, 0.25) is 0 Å². The quantitative estimate of drug-likeness (QED) is 0.678. The highest BCUT2D eigenvalue weighted by atomic mass is 35.5. The molecule has 2 aromatic rings. The minimum atomic E-state index is -0.749. The second-order valence-electron chi connectivity index (χ2n) is 6.70. The zero-order valence-electron chi connectivity index (χ0n) is 15.6. The summed E-state index contributed by atoms with van der Waals surface area (Å²) in [6, 6.07) is 14.1. The predicted molar refractivity (Wildman–Crippen MR) is 102 cm³/mol. The van der Waals surface area contributed by atoms with E-state index in [0.717, 1.165) is 11.1 Å². The number of esters is 2. The SMILES string of the molecule is Cc1ccc(C(=O)OCC2OC(OCl)CC2OC(=O)c2ccc(C)cc2)cc1. The van der Waals surface area contributed by atoms with E-state index >= 15 is 0 Å². The fourth-order valence-corrected chi connectivity index (χ4v) is 2.95. The summed E-state index contributed by atoms with van der Waals surface area (Å²) in [5.74, 6) is -0.971. The predicted octanol–water partition coefficient (Wildman–Crippen LogP) is 3.97. The number of hydrogen-bond acceptors (Lipinski definition) is 6. The molecule has 28 heavy (non-hydrogen) atoms. The van der Waals surface area contributed by atoms with Gasteiger partial charge in [-0.1, -0.05) is 35.4 Å². The highest BCUT2D eigenvalue weighted by Gasteiger charge is 2.39. The maximum atomic E-state index is 12.4. The maximum Gasteiger partial charge on any atom is 0.338 e. The average Bonchev–Trinajstić information content (AvgIpc) is 3.09. The van der Waals surface area contributed by atoms with Crippen molar-refractivity contribution in [1.82, 2.24) is 0 Å². The summed E-state index contributed by atoms with van der Waals surface area (Å²) in [5.41, 5.74) is 2.94. The Morgan fingerprint density at radius 2 is 1.50 bits per heavy atom. The molecule has 0 amide bonds. The number of carbonyl (C=O) groups is 2. The van der Waals surface area contributed by atoms with Crippen molar-refractivity contribution in [3.63, 3.8) is 0 Å². The van der Waals surface area contributed by atoms with E-state index < -0.39 is 30.4 Å². The maximum absolute atomic E-state index is 12.4. The molecule has 1 aliphatic rings. The molecule has 0 radical (unpaired) electrons. The van der Waals surface area contributed by atoms with Crippen molar-refractivity contribution in [3.8, 4) is 0 Å². The third-order valence-corrected chi connectivity index (χ3v) is 4.68. The second kappa shape index (κ2) is 9.19. The second-order valence-corrected chi connectivity index (χ2v) is 6.88. The van der Waals surface area contributed by atoms with Crippen LogP contribution in [0.1, 0.15) is 38.3 Å². The first-order valence-corrected chi connectivity index (χ1v) is 9.21. The van der Waals surface area contributed by atoms with Gasteiger partial charge in [0.15, 0.2) is 6.29 Å². The first-order valence-electron chi connectivity index (χ1n) is 8.90. The van der Waals surface area contributed by atoms with Crippen molar-refractivity contribution in [2.75, 3.05) is 6.61 Å². The Bertz CT molecular complexity index is 818. The molecular formula is C21H21ClO6. The van der Waals surface area contributed by atoms with Gasteiger partial charge in [-0.25, -0.2) is 13.9 Å². The fourth-order valence-electron chi connectivity index (χ4n) is 2.83. The molecule has 1 heterocycles. The van der Waals surface area contributed by atoms with Crippen molar-refractivity contribution in [2.45, 2.75) is 38.8 Å². The molecule has 3 rings (SSSR count). The molecule has 2 aromatic carbocycles. The fraction of sp³-hybridized carbons (Fsp3) is 0.333. The van der Waals surface area contributed by atoms with E-state index in [9.17, 15) is 9.59 Å². The van der Waals surface area contributed by atoms with Crippen LogP contribution in [0.4, 0.5) is 0 Å². The van der Waals surface area contributed by atoms with Gasteiger partial charge in [-0.15, -0.1) is 0 Å². The summed E-state index contributed by atoms with van der Waals surface area (Å²) >= 11 is 5.41. The number of halogens is 1. The molecule has 0 spiro atoms. The first kappa shape index (κ1) is 20.3. The van der Waals surface area contributed by atoms with Gasteiger partial charge < -0.3 is 14.2 Å². The molecule has 148 valence electrons. The van der Waals surface area contributed by atoms with Crippen LogP contribution in [0.25, 0.3) is 0 Å². The lowest BCUT2D eigenvalue weighted by molar-refractivity contribution is -0.0943. The topological polar surface area (TPSA) is 71.1 Å². The van der Waals surface area contributed by atoms with Gasteiger partial charge in [0, 0.05) is 6.42 Å². The monoisotopic (exact) mass is 404 g/mol. The van der Waals surface area contributed by atoms with Crippen molar-refractivity contribution in [3.05, 3.63) is 70.8 Å². The van der Waals surface area contributed by atoms with Crippen LogP contribution in [0.2, 0.25) is 0 Å². The average molecular weight is 405 g/mol. The van der Waals surface area contributed by atoms with E-state index in [1.54, 1.807) is 24.3 Å². The van der Waals surface area contributed by atoms with Crippen molar-refractivity contribution in [2.24, 2.45) is 0 Å². The molecule has 0 saturated carbocycles. The van der Waals surface area contributed by atoms with E-state index in [4.69, 9.17) is 30.4 Å². The molecule has 7 heteroatoms. The van der Waals surface area contributed by atoms with Crippen LogP contribution in [0, 0.1) is 13.8 Å². The minimum Gasteiger partial charge on any atom is -0.459 e. The van der Waals surface area contributed by atoms with Gasteiger partial charge in [-0.05, 0) is 38.1 Å². The van der Waals surface area contributed by atoms with Crippen LogP contribution >= 0.6 is 11.9 Å². The van der Waals surface area contributed by atoms with Gasteiger partial charge in [0.25, 0.3) is 0 Å². The van der Waals surface area contributed by atoms with Crippen LogP contribution < -0.4 is 0 Å². The van der Waals surface area contributed by atoms with E-state index in [0.29, 0.717) is 11.1 Å². The van der Waals surface area contributed by atoms with Gasteiger partial charge >= 0.3 is 11.9 Å². The Kier molecular flexibility index (Phi) is 6.67. The summed E-state index contributed by atoms with van der Waals surface area (Å²) < 4.78 is 21.1. The molecular weight excluding hydrogens is 384 g/mol. The third kappa shape index (κ3) is 5.10. The number of aryl methyl sites for hydroxylation is 2. The molecule has 0 N–H and O–H groups in total. The summed E-state index contributed by atoms with van der Waals surface area (Å²) in [6.45, 7) is 3.77. The van der Waals surface area contributed by atoms with Crippen molar-refractivity contribution < 1.29 is 28.1 Å². The minimum absolute atomic E-state index is 0.0880. The Balaban J connectivity index is 1.61. The Morgan fingerprint density at radius 1 is 0.964 bits per heavy atom. The molecule has 3 atom stereocenters. The van der Waals surface area contributed by atoms with Crippen LogP contribution in [0.3, 0.4) is 0 Å². The van der Waals surface area contributed by atoms with Crippen LogP contribution in [-0.2, 0) is 18.5 Å². The smallest absolute Gasteiger partial charge is 0.338 e. The molecule has 3 unspecified atom stereocenters. The molecule has 6 nitrogen and oxygen atoms in total. The summed E-state index contributed by atoms with van der Waals surface area (Å²) in [4.78, 5) is 24.6. The lowest BCUT2D eigenvalue weighted by Gasteiger charge is -2.18. The van der Waals surface area contributed by atoms with Gasteiger partial charge in [0.05, 0.1) is 23.0 Å². The van der Waals surface area contributed by atoms with Gasteiger partial charge in [-0.3, -0.25) is 0 Å². The molecule has 0 aromatic heterocycles. The van der Waals surface area contributed by atoms with E-state index in [1.807, 2.05) is 38.1 Å². The van der Waals surface area contributed by atoms with Crippen LogP contribution in [0.5, 0.6) is 0 Å². The normalized spacial score (nSPS) is 21.3. The number of ether oxygens (including phenoxy) is 3. The van der Waals surface area contributed by atoms with E-state index in [-0.39, 0.29) is 13.0 Å². The summed E-state index contributed by atoms with van der Waals surface area (Å²) in [7, 11) is 0.